The average molecular weight is 429 g/mol. The minimum atomic E-state index is -4.66. The zero-order chi connectivity index (χ0) is 20.4. The standard InChI is InChI=1S/C10H9NO6S2.C6H7NS/c11-7-2-1-6-3-8(18(12,13)14)5-10(9(6)4-7)19(15,16)17;7-5-3-1-2-4-6(5)8/h1-5H,11H2,(H,12,13,14)(H,15,16,17);1-4,8H,7H2. The molecule has 0 atom stereocenters. The van der Waals surface area contributed by atoms with Crippen molar-refractivity contribution in [2.45, 2.75) is 14.7 Å². The fourth-order valence-corrected chi connectivity index (χ4v) is 3.67. The van der Waals surface area contributed by atoms with Gasteiger partial charge >= 0.3 is 0 Å². The van der Waals surface area contributed by atoms with E-state index < -0.39 is 30.0 Å². The monoisotopic (exact) mass is 428 g/mol. The maximum Gasteiger partial charge on any atom is 0.295 e. The molecule has 0 bridgehead atoms. The summed E-state index contributed by atoms with van der Waals surface area (Å²) in [6.07, 6.45) is 0. The van der Waals surface area contributed by atoms with Gasteiger partial charge in [-0.25, -0.2) is 0 Å². The Hall–Kier alpha value is -2.31. The topological polar surface area (TPSA) is 161 Å². The van der Waals surface area contributed by atoms with Crippen LogP contribution in [0.3, 0.4) is 0 Å². The molecule has 0 radical (unpaired) electrons. The van der Waals surface area contributed by atoms with Gasteiger partial charge in [0.25, 0.3) is 20.2 Å². The molecule has 0 aliphatic heterocycles. The van der Waals surface area contributed by atoms with Gasteiger partial charge in [-0.05, 0) is 41.8 Å². The lowest BCUT2D eigenvalue weighted by Gasteiger charge is -2.07. The lowest BCUT2D eigenvalue weighted by Crippen LogP contribution is -2.04. The number of fused-ring (bicyclic) bond motifs is 1. The zero-order valence-electron chi connectivity index (χ0n) is 13.6. The third-order valence-corrected chi connectivity index (χ3v) is 5.56. The average Bonchev–Trinajstić information content (AvgIpc) is 2.55. The molecule has 0 aliphatic rings. The van der Waals surface area contributed by atoms with Gasteiger partial charge in [0.2, 0.25) is 0 Å². The van der Waals surface area contributed by atoms with E-state index >= 15 is 0 Å². The molecule has 0 spiro atoms. The lowest BCUT2D eigenvalue weighted by molar-refractivity contribution is 0.482. The van der Waals surface area contributed by atoms with Gasteiger partial charge in [-0.1, -0.05) is 18.2 Å². The Balaban J connectivity index is 0.000000273. The summed E-state index contributed by atoms with van der Waals surface area (Å²) >= 11 is 4.07. The van der Waals surface area contributed by atoms with Crippen LogP contribution in [-0.4, -0.2) is 25.9 Å². The normalized spacial score (nSPS) is 11.7. The Morgan fingerprint density at radius 1 is 0.815 bits per heavy atom. The molecule has 8 nitrogen and oxygen atoms in total. The first-order valence-corrected chi connectivity index (χ1v) is 10.5. The van der Waals surface area contributed by atoms with Gasteiger partial charge < -0.3 is 11.5 Å². The molecule has 144 valence electrons. The van der Waals surface area contributed by atoms with E-state index in [2.05, 4.69) is 12.6 Å². The van der Waals surface area contributed by atoms with Crippen LogP contribution in [0, 0.1) is 0 Å². The van der Waals surface area contributed by atoms with Gasteiger partial charge in [0.1, 0.15) is 4.90 Å². The fraction of sp³-hybridized carbons (Fsp3) is 0. The minimum absolute atomic E-state index is 0.0647. The van der Waals surface area contributed by atoms with Crippen molar-refractivity contribution in [3.05, 3.63) is 54.6 Å². The van der Waals surface area contributed by atoms with Crippen LogP contribution in [0.1, 0.15) is 0 Å². The third-order valence-electron chi connectivity index (χ3n) is 3.43. The number of rotatable bonds is 2. The predicted octanol–water partition coefficient (Wildman–Crippen LogP) is 2.47. The van der Waals surface area contributed by atoms with E-state index in [9.17, 15) is 16.8 Å². The van der Waals surface area contributed by atoms with Crippen molar-refractivity contribution in [2.75, 3.05) is 11.5 Å². The van der Waals surface area contributed by atoms with Crippen molar-refractivity contribution in [1.29, 1.82) is 0 Å². The number of thiol groups is 1. The summed E-state index contributed by atoms with van der Waals surface area (Å²) in [7, 11) is -9.25. The molecule has 3 rings (SSSR count). The van der Waals surface area contributed by atoms with E-state index in [0.29, 0.717) is 6.07 Å². The second-order valence-electron chi connectivity index (χ2n) is 5.41. The van der Waals surface area contributed by atoms with Crippen molar-refractivity contribution in [3.63, 3.8) is 0 Å². The number of hydrogen-bond acceptors (Lipinski definition) is 7. The Labute approximate surface area is 161 Å². The summed E-state index contributed by atoms with van der Waals surface area (Å²) in [5.41, 5.74) is 11.9. The molecule has 0 aromatic heterocycles. The van der Waals surface area contributed by atoms with E-state index in [-0.39, 0.29) is 16.5 Å². The Kier molecular flexibility index (Phi) is 6.02. The molecule has 0 amide bonds. The summed E-state index contributed by atoms with van der Waals surface area (Å²) in [4.78, 5) is -0.421. The molecule has 3 aromatic rings. The van der Waals surface area contributed by atoms with Crippen LogP contribution in [0.2, 0.25) is 0 Å². The molecule has 0 heterocycles. The number of benzene rings is 3. The van der Waals surface area contributed by atoms with Crippen LogP contribution in [0.15, 0.2) is 69.3 Å². The first kappa shape index (κ1) is 21.0. The highest BCUT2D eigenvalue weighted by atomic mass is 32.2. The summed E-state index contributed by atoms with van der Waals surface area (Å²) in [6.45, 7) is 0. The van der Waals surface area contributed by atoms with Gasteiger partial charge in [-0.15, -0.1) is 12.6 Å². The lowest BCUT2D eigenvalue weighted by atomic mass is 10.1. The van der Waals surface area contributed by atoms with Crippen molar-refractivity contribution < 1.29 is 25.9 Å². The van der Waals surface area contributed by atoms with Crippen LogP contribution in [0.5, 0.6) is 0 Å². The molecular formula is C16H16N2O6S3. The highest BCUT2D eigenvalue weighted by Crippen LogP contribution is 2.28. The summed E-state index contributed by atoms with van der Waals surface area (Å²) in [5, 5.41) is 0.270. The second-order valence-corrected chi connectivity index (χ2v) is 8.70. The maximum absolute atomic E-state index is 11.3. The molecule has 11 heteroatoms. The van der Waals surface area contributed by atoms with Crippen molar-refractivity contribution in [2.24, 2.45) is 0 Å². The van der Waals surface area contributed by atoms with Crippen molar-refractivity contribution >= 4 is 55.0 Å². The molecule has 6 N–H and O–H groups in total. The Bertz CT molecular complexity index is 1190. The van der Waals surface area contributed by atoms with Crippen LogP contribution in [-0.2, 0) is 20.2 Å². The second kappa shape index (κ2) is 7.74. The largest absolute Gasteiger partial charge is 0.399 e. The van der Waals surface area contributed by atoms with Gasteiger partial charge in [0.05, 0.1) is 4.90 Å². The molecule has 0 unspecified atom stereocenters. The highest BCUT2D eigenvalue weighted by Gasteiger charge is 2.20. The van der Waals surface area contributed by atoms with Crippen molar-refractivity contribution in [1.82, 2.24) is 0 Å². The third kappa shape index (κ3) is 5.34. The maximum atomic E-state index is 11.3. The summed E-state index contributed by atoms with van der Waals surface area (Å²) in [6, 6.07) is 13.3. The number of nitrogens with two attached hydrogens (primary N) is 2. The van der Waals surface area contributed by atoms with E-state index in [1.54, 1.807) is 0 Å². The minimum Gasteiger partial charge on any atom is -0.399 e. The molecule has 0 saturated carbocycles. The quantitative estimate of drug-likeness (QED) is 0.236. The van der Waals surface area contributed by atoms with Gasteiger partial charge in [-0.3, -0.25) is 9.11 Å². The molecule has 0 aliphatic carbocycles. The smallest absolute Gasteiger partial charge is 0.295 e. The summed E-state index contributed by atoms with van der Waals surface area (Å²) in [5.74, 6) is 0. The first-order valence-electron chi connectivity index (χ1n) is 7.21. The fourth-order valence-electron chi connectivity index (χ4n) is 2.16. The van der Waals surface area contributed by atoms with Crippen LogP contribution >= 0.6 is 12.6 Å². The van der Waals surface area contributed by atoms with Gasteiger partial charge in [0.15, 0.2) is 0 Å². The molecular weight excluding hydrogens is 412 g/mol. The molecule has 0 saturated heterocycles. The van der Waals surface area contributed by atoms with Gasteiger partial charge in [0, 0.05) is 21.7 Å². The predicted molar refractivity (Wildman–Crippen MR) is 106 cm³/mol. The Morgan fingerprint density at radius 2 is 1.44 bits per heavy atom. The van der Waals surface area contributed by atoms with Crippen LogP contribution < -0.4 is 11.5 Å². The van der Waals surface area contributed by atoms with Crippen LogP contribution in [0.4, 0.5) is 11.4 Å². The number of hydrogen-bond donors (Lipinski definition) is 5. The van der Waals surface area contributed by atoms with Gasteiger partial charge in [-0.2, -0.15) is 16.8 Å². The SMILES string of the molecule is Nc1ccc2cc(S(=O)(=O)O)cc(S(=O)(=O)O)c2c1.Nc1ccccc1S. The number of para-hydroxylation sites is 1. The first-order chi connectivity index (χ1) is 12.4. The van der Waals surface area contributed by atoms with E-state index in [0.717, 1.165) is 16.6 Å². The van der Waals surface area contributed by atoms with Crippen molar-refractivity contribution in [3.8, 4) is 0 Å². The van der Waals surface area contributed by atoms with E-state index in [1.165, 1.54) is 18.2 Å². The number of anilines is 2. The molecule has 3 aromatic carbocycles. The summed E-state index contributed by atoms with van der Waals surface area (Å²) < 4.78 is 62.8. The van der Waals surface area contributed by atoms with E-state index in [1.807, 2.05) is 24.3 Å². The van der Waals surface area contributed by atoms with Crippen LogP contribution in [0.25, 0.3) is 10.8 Å². The molecule has 27 heavy (non-hydrogen) atoms. The Morgan fingerprint density at radius 3 is 1.93 bits per heavy atom. The van der Waals surface area contributed by atoms with E-state index in [4.69, 9.17) is 20.6 Å². The molecule has 0 fully saturated rings. The highest BCUT2D eigenvalue weighted by molar-refractivity contribution is 7.86. The zero-order valence-corrected chi connectivity index (χ0v) is 16.2. The number of nitrogen functional groups attached to an aromatic ring is 2.